The summed E-state index contributed by atoms with van der Waals surface area (Å²) in [5.74, 6) is 0.663. The number of rotatable bonds is 7. The quantitative estimate of drug-likeness (QED) is 0.465. The third-order valence-corrected chi connectivity index (χ3v) is 6.13. The third kappa shape index (κ3) is 5.64. The molecule has 0 spiro atoms. The number of piperazine rings is 1. The molecule has 1 fully saturated rings. The summed E-state index contributed by atoms with van der Waals surface area (Å²) in [6.07, 6.45) is 0. The maximum absolute atomic E-state index is 13.4. The van der Waals surface area contributed by atoms with Crippen molar-refractivity contribution in [3.8, 4) is 5.75 Å². The zero-order valence-electron chi connectivity index (χ0n) is 18.9. The Labute approximate surface area is 190 Å². The molecule has 1 heterocycles. The second kappa shape index (κ2) is 10.6. The minimum absolute atomic E-state index is 0.221. The van der Waals surface area contributed by atoms with Gasteiger partial charge in [-0.3, -0.25) is 4.90 Å². The highest BCUT2D eigenvalue weighted by atomic mass is 19.1. The summed E-state index contributed by atoms with van der Waals surface area (Å²) in [5.41, 5.74) is 5.52. The maximum Gasteiger partial charge on any atom is 0.123 e. The first-order chi connectivity index (χ1) is 15.6. The van der Waals surface area contributed by atoms with E-state index in [1.807, 2.05) is 42.5 Å². The van der Waals surface area contributed by atoms with Gasteiger partial charge in [-0.1, -0.05) is 54.6 Å². The van der Waals surface area contributed by atoms with E-state index in [0.717, 1.165) is 66.3 Å². The average Bonchev–Trinajstić information content (AvgIpc) is 2.83. The lowest BCUT2D eigenvalue weighted by Crippen LogP contribution is -2.45. The average molecular weight is 431 g/mol. The molecule has 1 aliphatic rings. The molecule has 3 nitrogen and oxygen atoms in total. The van der Waals surface area contributed by atoms with Gasteiger partial charge in [-0.15, -0.1) is 0 Å². The highest BCUT2D eigenvalue weighted by Gasteiger charge is 2.14. The predicted molar refractivity (Wildman–Crippen MR) is 130 cm³/mol. The van der Waals surface area contributed by atoms with Gasteiger partial charge in [0, 0.05) is 32.7 Å². The Morgan fingerprint density at radius 3 is 2.03 bits per heavy atom. The standard InChI is InChI=1S/C28H31FN2O/c1-22(23-8-12-26(29)13-9-23)28(24-6-4-3-5-7-24)25-10-14-27(15-11-25)32-21-20-31-18-16-30(2)17-19-31/h3-15H,16-21H2,1-2H3/b28-22-. The van der Waals surface area contributed by atoms with Crippen molar-refractivity contribution >= 4 is 11.1 Å². The third-order valence-electron chi connectivity index (χ3n) is 6.13. The first-order valence-corrected chi connectivity index (χ1v) is 11.3. The Kier molecular flexibility index (Phi) is 7.35. The largest absolute Gasteiger partial charge is 0.492 e. The molecule has 1 aliphatic heterocycles. The number of hydrogen-bond donors (Lipinski definition) is 0. The molecule has 3 aromatic rings. The van der Waals surface area contributed by atoms with Crippen LogP contribution in [0.1, 0.15) is 23.6 Å². The Bertz CT molecular complexity index is 1020. The number of hydrogen-bond acceptors (Lipinski definition) is 3. The predicted octanol–water partition coefficient (Wildman–Crippen LogP) is 5.43. The van der Waals surface area contributed by atoms with E-state index in [1.54, 1.807) is 0 Å². The van der Waals surface area contributed by atoms with Crippen LogP contribution in [0.2, 0.25) is 0 Å². The summed E-state index contributed by atoms with van der Waals surface area (Å²) in [4.78, 5) is 4.82. The van der Waals surface area contributed by atoms with Gasteiger partial charge in [0.2, 0.25) is 0 Å². The molecule has 166 valence electrons. The summed E-state index contributed by atoms with van der Waals surface area (Å²) >= 11 is 0. The molecule has 1 saturated heterocycles. The molecule has 0 saturated carbocycles. The van der Waals surface area contributed by atoms with Gasteiger partial charge in [-0.25, -0.2) is 4.39 Å². The van der Waals surface area contributed by atoms with E-state index < -0.39 is 0 Å². The minimum Gasteiger partial charge on any atom is -0.492 e. The molecule has 32 heavy (non-hydrogen) atoms. The minimum atomic E-state index is -0.221. The summed E-state index contributed by atoms with van der Waals surface area (Å²) < 4.78 is 19.5. The van der Waals surface area contributed by atoms with Gasteiger partial charge in [0.1, 0.15) is 18.2 Å². The van der Waals surface area contributed by atoms with E-state index in [9.17, 15) is 4.39 Å². The smallest absolute Gasteiger partial charge is 0.123 e. The summed E-state index contributed by atoms with van der Waals surface area (Å²) in [6.45, 7) is 8.19. The van der Waals surface area contributed by atoms with Crippen LogP contribution in [-0.2, 0) is 0 Å². The van der Waals surface area contributed by atoms with Crippen LogP contribution < -0.4 is 4.74 Å². The number of ether oxygens (including phenoxy) is 1. The number of halogens is 1. The molecule has 3 aromatic carbocycles. The van der Waals surface area contributed by atoms with Crippen LogP contribution in [0.25, 0.3) is 11.1 Å². The fraction of sp³-hybridized carbons (Fsp3) is 0.286. The molecule has 0 aliphatic carbocycles. The Hall–Kier alpha value is -2.95. The number of nitrogens with zero attached hydrogens (tertiary/aromatic N) is 2. The SMILES string of the molecule is C/C(=C(\c1ccccc1)c1ccc(OCCN2CCN(C)CC2)cc1)c1ccc(F)cc1. The highest BCUT2D eigenvalue weighted by Crippen LogP contribution is 2.33. The first-order valence-electron chi connectivity index (χ1n) is 11.3. The van der Waals surface area contributed by atoms with Crippen molar-refractivity contribution in [2.24, 2.45) is 0 Å². The normalized spacial score (nSPS) is 16.0. The molecule has 0 unspecified atom stereocenters. The van der Waals surface area contributed by atoms with E-state index in [-0.39, 0.29) is 5.82 Å². The molecule has 0 amide bonds. The van der Waals surface area contributed by atoms with Gasteiger partial charge in [0.05, 0.1) is 0 Å². The second-order valence-corrected chi connectivity index (χ2v) is 8.39. The van der Waals surface area contributed by atoms with Gasteiger partial charge in [0.15, 0.2) is 0 Å². The highest BCUT2D eigenvalue weighted by molar-refractivity contribution is 5.97. The summed E-state index contributed by atoms with van der Waals surface area (Å²) in [5, 5.41) is 0. The van der Waals surface area contributed by atoms with Gasteiger partial charge in [-0.05, 0) is 66.1 Å². The van der Waals surface area contributed by atoms with Gasteiger partial charge in [0.25, 0.3) is 0 Å². The number of likely N-dealkylation sites (N-methyl/N-ethyl adjacent to an activating group) is 1. The number of benzene rings is 3. The van der Waals surface area contributed by atoms with E-state index in [0.29, 0.717) is 6.61 Å². The van der Waals surface area contributed by atoms with E-state index in [4.69, 9.17) is 4.74 Å². The maximum atomic E-state index is 13.4. The zero-order valence-corrected chi connectivity index (χ0v) is 18.9. The van der Waals surface area contributed by atoms with Crippen molar-refractivity contribution in [1.82, 2.24) is 9.80 Å². The molecule has 0 aromatic heterocycles. The van der Waals surface area contributed by atoms with Crippen LogP contribution in [0, 0.1) is 5.82 Å². The van der Waals surface area contributed by atoms with Crippen molar-refractivity contribution in [2.45, 2.75) is 6.92 Å². The number of allylic oxidation sites excluding steroid dienone is 1. The van der Waals surface area contributed by atoms with Crippen LogP contribution in [0.15, 0.2) is 78.9 Å². The molecule has 0 N–H and O–H groups in total. The van der Waals surface area contributed by atoms with E-state index in [2.05, 4.69) is 48.0 Å². The molecule has 4 rings (SSSR count). The van der Waals surface area contributed by atoms with Crippen molar-refractivity contribution in [3.63, 3.8) is 0 Å². The van der Waals surface area contributed by atoms with Crippen molar-refractivity contribution in [2.75, 3.05) is 46.4 Å². The van der Waals surface area contributed by atoms with Crippen molar-refractivity contribution < 1.29 is 9.13 Å². The van der Waals surface area contributed by atoms with Gasteiger partial charge < -0.3 is 9.64 Å². The van der Waals surface area contributed by atoms with Crippen LogP contribution in [0.5, 0.6) is 5.75 Å². The molecular weight excluding hydrogens is 399 g/mol. The van der Waals surface area contributed by atoms with Crippen molar-refractivity contribution in [3.05, 3.63) is 101 Å². The fourth-order valence-corrected chi connectivity index (χ4v) is 4.13. The lowest BCUT2D eigenvalue weighted by molar-refractivity contribution is 0.134. The van der Waals surface area contributed by atoms with Gasteiger partial charge in [-0.2, -0.15) is 0 Å². The Morgan fingerprint density at radius 2 is 1.38 bits per heavy atom. The topological polar surface area (TPSA) is 15.7 Å². The van der Waals surface area contributed by atoms with Crippen LogP contribution in [-0.4, -0.2) is 56.2 Å². The van der Waals surface area contributed by atoms with Crippen LogP contribution in [0.4, 0.5) is 4.39 Å². The van der Waals surface area contributed by atoms with Crippen LogP contribution in [0.3, 0.4) is 0 Å². The fourth-order valence-electron chi connectivity index (χ4n) is 4.13. The molecule has 0 atom stereocenters. The summed E-state index contributed by atoms with van der Waals surface area (Å²) in [7, 11) is 2.17. The second-order valence-electron chi connectivity index (χ2n) is 8.39. The Morgan fingerprint density at radius 1 is 0.781 bits per heavy atom. The molecule has 0 radical (unpaired) electrons. The van der Waals surface area contributed by atoms with Gasteiger partial charge >= 0.3 is 0 Å². The van der Waals surface area contributed by atoms with Crippen LogP contribution >= 0.6 is 0 Å². The molecular formula is C28H31FN2O. The van der Waals surface area contributed by atoms with Crippen molar-refractivity contribution in [1.29, 1.82) is 0 Å². The Balaban J connectivity index is 1.51. The molecule has 4 heteroatoms. The lowest BCUT2D eigenvalue weighted by atomic mass is 9.90. The summed E-state index contributed by atoms with van der Waals surface area (Å²) in [6, 6.07) is 25.3. The zero-order chi connectivity index (χ0) is 22.3. The lowest BCUT2D eigenvalue weighted by Gasteiger charge is -2.32. The van der Waals surface area contributed by atoms with E-state index >= 15 is 0 Å². The molecule has 0 bridgehead atoms. The first kappa shape index (κ1) is 22.3. The monoisotopic (exact) mass is 430 g/mol. The van der Waals surface area contributed by atoms with E-state index in [1.165, 1.54) is 12.1 Å².